The van der Waals surface area contributed by atoms with E-state index in [9.17, 15) is 14.7 Å². The highest BCUT2D eigenvalue weighted by Crippen LogP contribution is 2.44. The number of carboxylic acid groups (broad SMARTS) is 1. The van der Waals surface area contributed by atoms with E-state index in [1.54, 1.807) is 30.0 Å². The Kier molecular flexibility index (Phi) is 4.92. The van der Waals surface area contributed by atoms with Gasteiger partial charge in [-0.15, -0.1) is 0 Å². The van der Waals surface area contributed by atoms with Crippen molar-refractivity contribution in [2.24, 2.45) is 17.8 Å². The quantitative estimate of drug-likeness (QED) is 0.861. The van der Waals surface area contributed by atoms with Crippen molar-refractivity contribution in [2.75, 3.05) is 13.1 Å². The number of likely N-dealkylation sites (tertiary alicyclic amines) is 1. The number of carboxylic acids is 1. The summed E-state index contributed by atoms with van der Waals surface area (Å²) in [6.07, 6.45) is 1.38. The van der Waals surface area contributed by atoms with Gasteiger partial charge in [0.15, 0.2) is 6.10 Å². The molecule has 24 heavy (non-hydrogen) atoms. The first kappa shape index (κ1) is 17.4. The normalized spacial score (nSPS) is 24.7. The number of carbonyl (C=O) groups is 2. The van der Waals surface area contributed by atoms with Gasteiger partial charge in [0.25, 0.3) is 5.91 Å². The van der Waals surface area contributed by atoms with Crippen LogP contribution in [-0.4, -0.2) is 41.1 Å². The molecule has 130 valence electrons. The maximum atomic E-state index is 12.6. The Morgan fingerprint density at radius 2 is 2.00 bits per heavy atom. The summed E-state index contributed by atoms with van der Waals surface area (Å²) < 4.78 is 5.65. The van der Waals surface area contributed by atoms with Crippen LogP contribution in [0.1, 0.15) is 19.8 Å². The number of amides is 1. The first-order valence-electron chi connectivity index (χ1n) is 8.00. The zero-order chi connectivity index (χ0) is 17.4. The second kappa shape index (κ2) is 6.81. The molecule has 3 rings (SSSR count). The number of hydrogen-bond acceptors (Lipinski definition) is 3. The standard InChI is InChI=1S/C17H19Cl2NO4/c1-9(24-15-5-4-11(18)6-14(15)19)16(21)20-7-12(10-2-3-10)13(8-20)17(22)23/h4-6,9-10,12-13H,2-3,7-8H2,1H3,(H,22,23)/t9?,12-,13+/m1/s1. The van der Waals surface area contributed by atoms with Crippen molar-refractivity contribution in [3.63, 3.8) is 0 Å². The van der Waals surface area contributed by atoms with Crippen LogP contribution in [0, 0.1) is 17.8 Å². The Balaban J connectivity index is 1.66. The molecule has 1 unspecified atom stereocenters. The van der Waals surface area contributed by atoms with E-state index in [1.165, 1.54) is 0 Å². The van der Waals surface area contributed by atoms with Crippen molar-refractivity contribution >= 4 is 35.1 Å². The minimum atomic E-state index is -0.823. The fourth-order valence-electron chi connectivity index (χ4n) is 3.34. The van der Waals surface area contributed by atoms with Crippen LogP contribution >= 0.6 is 23.2 Å². The molecule has 0 spiro atoms. The fraction of sp³-hybridized carbons (Fsp3) is 0.529. The summed E-state index contributed by atoms with van der Waals surface area (Å²) in [4.78, 5) is 25.7. The van der Waals surface area contributed by atoms with E-state index < -0.39 is 18.0 Å². The highest BCUT2D eigenvalue weighted by molar-refractivity contribution is 6.35. The van der Waals surface area contributed by atoms with Crippen molar-refractivity contribution in [3.05, 3.63) is 28.2 Å². The van der Waals surface area contributed by atoms with Gasteiger partial charge in [-0.1, -0.05) is 23.2 Å². The molecule has 0 aromatic heterocycles. The summed E-state index contributed by atoms with van der Waals surface area (Å²) in [6, 6.07) is 4.81. The SMILES string of the molecule is CC(Oc1ccc(Cl)cc1Cl)C(=O)N1C[C@H](C(=O)O)[C@@H](C2CC2)C1. The smallest absolute Gasteiger partial charge is 0.308 e. The van der Waals surface area contributed by atoms with Gasteiger partial charge < -0.3 is 14.7 Å². The van der Waals surface area contributed by atoms with Crippen LogP contribution in [0.5, 0.6) is 5.75 Å². The molecule has 1 saturated heterocycles. The van der Waals surface area contributed by atoms with Gasteiger partial charge in [-0.25, -0.2) is 0 Å². The van der Waals surface area contributed by atoms with Crippen LogP contribution in [0.15, 0.2) is 18.2 Å². The molecule has 3 atom stereocenters. The number of nitrogens with zero attached hydrogens (tertiary/aromatic N) is 1. The monoisotopic (exact) mass is 371 g/mol. The Morgan fingerprint density at radius 1 is 1.29 bits per heavy atom. The average Bonchev–Trinajstić information content (AvgIpc) is 3.27. The van der Waals surface area contributed by atoms with E-state index in [0.29, 0.717) is 28.3 Å². The van der Waals surface area contributed by atoms with Gasteiger partial charge in [0.2, 0.25) is 0 Å². The highest BCUT2D eigenvalue weighted by Gasteiger charge is 2.47. The lowest BCUT2D eigenvalue weighted by Gasteiger charge is -2.22. The van der Waals surface area contributed by atoms with E-state index in [2.05, 4.69) is 0 Å². The molecule has 2 aliphatic rings. The summed E-state index contributed by atoms with van der Waals surface area (Å²) >= 11 is 11.9. The van der Waals surface area contributed by atoms with Crippen molar-refractivity contribution < 1.29 is 19.4 Å². The Bertz CT molecular complexity index is 662. The molecular weight excluding hydrogens is 353 g/mol. The molecule has 2 fully saturated rings. The van der Waals surface area contributed by atoms with Crippen LogP contribution < -0.4 is 4.74 Å². The van der Waals surface area contributed by atoms with E-state index in [0.717, 1.165) is 12.8 Å². The molecule has 1 aliphatic carbocycles. The molecule has 0 bridgehead atoms. The lowest BCUT2D eigenvalue weighted by molar-refractivity contribution is -0.143. The maximum absolute atomic E-state index is 12.6. The number of rotatable bonds is 5. The molecule has 1 N–H and O–H groups in total. The van der Waals surface area contributed by atoms with Crippen molar-refractivity contribution in [1.29, 1.82) is 0 Å². The maximum Gasteiger partial charge on any atom is 0.308 e. The molecule has 1 amide bonds. The number of aliphatic carboxylic acids is 1. The molecule has 5 nitrogen and oxygen atoms in total. The predicted octanol–water partition coefficient (Wildman–Crippen LogP) is 3.33. The van der Waals surface area contributed by atoms with Crippen LogP contribution in [0.4, 0.5) is 0 Å². The van der Waals surface area contributed by atoms with E-state index in [-0.39, 0.29) is 18.4 Å². The summed E-state index contributed by atoms with van der Waals surface area (Å²) in [5, 5.41) is 10.2. The highest BCUT2D eigenvalue weighted by atomic mass is 35.5. The van der Waals surface area contributed by atoms with Crippen molar-refractivity contribution in [2.45, 2.75) is 25.9 Å². The summed E-state index contributed by atoms with van der Waals surface area (Å²) in [7, 11) is 0. The molecular formula is C17H19Cl2NO4. The molecule has 1 aromatic carbocycles. The van der Waals surface area contributed by atoms with Gasteiger partial charge in [-0.2, -0.15) is 0 Å². The number of halogens is 2. The number of carbonyl (C=O) groups excluding carboxylic acids is 1. The minimum absolute atomic E-state index is 0.0535. The second-order valence-electron chi connectivity index (χ2n) is 6.52. The summed E-state index contributed by atoms with van der Waals surface area (Å²) in [5.74, 6) is -0.641. The Labute approximate surface area is 150 Å². The van der Waals surface area contributed by atoms with E-state index >= 15 is 0 Å². The van der Waals surface area contributed by atoms with E-state index in [4.69, 9.17) is 27.9 Å². The summed E-state index contributed by atoms with van der Waals surface area (Å²) in [6.45, 7) is 2.38. The third-order valence-electron chi connectivity index (χ3n) is 4.77. The lowest BCUT2D eigenvalue weighted by atomic mass is 9.92. The summed E-state index contributed by atoms with van der Waals surface area (Å²) in [5.41, 5.74) is 0. The van der Waals surface area contributed by atoms with Gasteiger partial charge in [-0.05, 0) is 49.8 Å². The van der Waals surface area contributed by atoms with Gasteiger partial charge in [0, 0.05) is 18.1 Å². The predicted molar refractivity (Wildman–Crippen MR) is 90.5 cm³/mol. The molecule has 1 saturated carbocycles. The topological polar surface area (TPSA) is 66.8 Å². The van der Waals surface area contributed by atoms with Crippen molar-refractivity contribution in [1.82, 2.24) is 4.90 Å². The van der Waals surface area contributed by atoms with Crippen LogP contribution in [0.25, 0.3) is 0 Å². The first-order chi connectivity index (χ1) is 11.4. The van der Waals surface area contributed by atoms with Gasteiger partial charge >= 0.3 is 5.97 Å². The molecule has 7 heteroatoms. The average molecular weight is 372 g/mol. The second-order valence-corrected chi connectivity index (χ2v) is 7.37. The van der Waals surface area contributed by atoms with Gasteiger partial charge in [-0.3, -0.25) is 9.59 Å². The van der Waals surface area contributed by atoms with Crippen LogP contribution in [0.2, 0.25) is 10.0 Å². The molecule has 0 radical (unpaired) electrons. The third-order valence-corrected chi connectivity index (χ3v) is 5.30. The zero-order valence-corrected chi connectivity index (χ0v) is 14.8. The minimum Gasteiger partial charge on any atom is -0.481 e. The number of ether oxygens (including phenoxy) is 1. The molecule has 1 aliphatic heterocycles. The number of benzene rings is 1. The molecule has 1 aromatic rings. The number of hydrogen-bond donors (Lipinski definition) is 1. The van der Waals surface area contributed by atoms with Crippen LogP contribution in [-0.2, 0) is 9.59 Å². The van der Waals surface area contributed by atoms with E-state index in [1.807, 2.05) is 0 Å². The largest absolute Gasteiger partial charge is 0.481 e. The Hall–Kier alpha value is -1.46. The zero-order valence-electron chi connectivity index (χ0n) is 13.2. The van der Waals surface area contributed by atoms with Crippen LogP contribution in [0.3, 0.4) is 0 Å². The van der Waals surface area contributed by atoms with Gasteiger partial charge in [0.05, 0.1) is 10.9 Å². The third kappa shape index (κ3) is 3.62. The lowest BCUT2D eigenvalue weighted by Crippen LogP contribution is -2.39. The molecule has 1 heterocycles. The first-order valence-corrected chi connectivity index (χ1v) is 8.75. The van der Waals surface area contributed by atoms with Gasteiger partial charge in [0.1, 0.15) is 5.75 Å². The Morgan fingerprint density at radius 3 is 2.58 bits per heavy atom. The van der Waals surface area contributed by atoms with Crippen molar-refractivity contribution in [3.8, 4) is 5.75 Å². The fourth-order valence-corrected chi connectivity index (χ4v) is 3.79.